The summed E-state index contributed by atoms with van der Waals surface area (Å²) >= 11 is 0. The number of unbranched alkanes of at least 4 members (excludes halogenated alkanes) is 1. The van der Waals surface area contributed by atoms with Crippen LogP contribution in [0.2, 0.25) is 0 Å². The van der Waals surface area contributed by atoms with Crippen molar-refractivity contribution in [2.24, 2.45) is 0 Å². The minimum Gasteiger partial charge on any atom is -0.379 e. The van der Waals surface area contributed by atoms with Gasteiger partial charge < -0.3 is 14.6 Å². The first-order chi connectivity index (χ1) is 8.35. The second-order valence-electron chi connectivity index (χ2n) is 4.46. The Bertz CT molecular complexity index is 340. The first-order valence-corrected chi connectivity index (χ1v) is 6.48. The predicted octanol–water partition coefficient (Wildman–Crippen LogP) is 1.50. The second-order valence-corrected chi connectivity index (χ2v) is 4.46. The summed E-state index contributed by atoms with van der Waals surface area (Å²) in [6.07, 6.45) is 3.16. The first kappa shape index (κ1) is 12.5. The number of rotatable bonds is 6. The minimum absolute atomic E-state index is 0.206. The van der Waals surface area contributed by atoms with E-state index in [1.165, 1.54) is 0 Å². The van der Waals surface area contributed by atoms with E-state index in [1.54, 1.807) is 0 Å². The van der Waals surface area contributed by atoms with E-state index >= 15 is 0 Å². The molecule has 0 bridgehead atoms. The number of nitrogens with zero attached hydrogens (tertiary/aromatic N) is 2. The van der Waals surface area contributed by atoms with Gasteiger partial charge in [0.2, 0.25) is 5.89 Å². The average Bonchev–Trinajstić information content (AvgIpc) is 2.95. The molecule has 17 heavy (non-hydrogen) atoms. The van der Waals surface area contributed by atoms with Gasteiger partial charge in [-0.2, -0.15) is 4.98 Å². The summed E-state index contributed by atoms with van der Waals surface area (Å²) in [5.74, 6) is 1.75. The molecule has 0 amide bonds. The first-order valence-electron chi connectivity index (χ1n) is 6.48. The Balaban J connectivity index is 1.98. The van der Waals surface area contributed by atoms with Crippen LogP contribution in [0.4, 0.5) is 0 Å². The molecule has 1 N–H and O–H groups in total. The summed E-state index contributed by atoms with van der Waals surface area (Å²) in [6, 6.07) is 0.305. The van der Waals surface area contributed by atoms with Crippen molar-refractivity contribution in [3.63, 3.8) is 0 Å². The van der Waals surface area contributed by atoms with Crippen LogP contribution in [0.1, 0.15) is 44.3 Å². The molecule has 0 spiro atoms. The Labute approximate surface area is 102 Å². The van der Waals surface area contributed by atoms with Crippen molar-refractivity contribution in [3.05, 3.63) is 11.7 Å². The van der Waals surface area contributed by atoms with Crippen molar-refractivity contribution in [3.8, 4) is 0 Å². The van der Waals surface area contributed by atoms with Crippen LogP contribution in [-0.4, -0.2) is 35.9 Å². The summed E-state index contributed by atoms with van der Waals surface area (Å²) in [4.78, 5) is 4.46. The lowest BCUT2D eigenvalue weighted by molar-refractivity contribution is 0.185. The van der Waals surface area contributed by atoms with Gasteiger partial charge in [-0.3, -0.25) is 0 Å². The van der Waals surface area contributed by atoms with Crippen LogP contribution in [-0.2, 0) is 11.2 Å². The highest BCUT2D eigenvalue weighted by Gasteiger charge is 2.33. The molecule has 1 aliphatic heterocycles. The fourth-order valence-corrected chi connectivity index (χ4v) is 2.12. The number of ether oxygens (including phenoxy) is 1. The molecule has 1 aromatic rings. The SMILES string of the molecule is CCCCc1noc(C2COCC2NCC)n1. The molecular weight excluding hydrogens is 218 g/mol. The molecule has 5 nitrogen and oxygen atoms in total. The standard InChI is InChI=1S/C12H21N3O2/c1-3-5-6-11-14-12(17-15-11)9-7-16-8-10(9)13-4-2/h9-10,13H,3-8H2,1-2H3. The van der Waals surface area contributed by atoms with Crippen LogP contribution < -0.4 is 5.32 Å². The van der Waals surface area contributed by atoms with Crippen LogP contribution in [0.5, 0.6) is 0 Å². The highest BCUT2D eigenvalue weighted by atomic mass is 16.5. The third-order valence-electron chi connectivity index (χ3n) is 3.10. The molecule has 1 fully saturated rings. The zero-order valence-corrected chi connectivity index (χ0v) is 10.6. The predicted molar refractivity (Wildman–Crippen MR) is 63.9 cm³/mol. The second kappa shape index (κ2) is 6.12. The molecule has 2 rings (SSSR count). The Kier molecular flexibility index (Phi) is 4.50. The zero-order valence-electron chi connectivity index (χ0n) is 10.6. The molecule has 2 atom stereocenters. The lowest BCUT2D eigenvalue weighted by atomic mass is 10.0. The monoisotopic (exact) mass is 239 g/mol. The van der Waals surface area contributed by atoms with Crippen LogP contribution >= 0.6 is 0 Å². The quantitative estimate of drug-likeness (QED) is 0.815. The van der Waals surface area contributed by atoms with Crippen molar-refractivity contribution in [2.45, 2.75) is 45.1 Å². The molecule has 1 aromatic heterocycles. The molecule has 0 aliphatic carbocycles. The van der Waals surface area contributed by atoms with Crippen molar-refractivity contribution in [2.75, 3.05) is 19.8 Å². The summed E-state index contributed by atoms with van der Waals surface area (Å²) < 4.78 is 10.8. The van der Waals surface area contributed by atoms with Gasteiger partial charge in [0, 0.05) is 12.5 Å². The topological polar surface area (TPSA) is 60.2 Å². The molecule has 0 saturated carbocycles. The third-order valence-corrected chi connectivity index (χ3v) is 3.10. The fourth-order valence-electron chi connectivity index (χ4n) is 2.12. The van der Waals surface area contributed by atoms with Crippen LogP contribution in [0.15, 0.2) is 4.52 Å². The van der Waals surface area contributed by atoms with E-state index < -0.39 is 0 Å². The Morgan fingerprint density at radius 1 is 1.35 bits per heavy atom. The number of hydrogen-bond acceptors (Lipinski definition) is 5. The van der Waals surface area contributed by atoms with Gasteiger partial charge in [-0.25, -0.2) is 0 Å². The van der Waals surface area contributed by atoms with Gasteiger partial charge >= 0.3 is 0 Å². The maximum atomic E-state index is 5.48. The number of hydrogen-bond donors (Lipinski definition) is 1. The fraction of sp³-hybridized carbons (Fsp3) is 0.833. The lowest BCUT2D eigenvalue weighted by Crippen LogP contribution is -2.34. The van der Waals surface area contributed by atoms with E-state index in [4.69, 9.17) is 9.26 Å². The molecule has 0 radical (unpaired) electrons. The summed E-state index contributed by atoms with van der Waals surface area (Å²) in [7, 11) is 0. The summed E-state index contributed by atoms with van der Waals surface area (Å²) in [5.41, 5.74) is 0. The molecule has 1 aliphatic rings. The van der Waals surface area contributed by atoms with Gasteiger partial charge in [0.1, 0.15) is 0 Å². The van der Waals surface area contributed by atoms with Crippen molar-refractivity contribution in [1.82, 2.24) is 15.5 Å². The van der Waals surface area contributed by atoms with E-state index in [1.807, 2.05) is 0 Å². The summed E-state index contributed by atoms with van der Waals surface area (Å²) in [5, 5.41) is 7.42. The highest BCUT2D eigenvalue weighted by molar-refractivity contribution is 5.02. The number of aryl methyl sites for hydroxylation is 1. The molecule has 2 unspecified atom stereocenters. The smallest absolute Gasteiger partial charge is 0.233 e. The van der Waals surface area contributed by atoms with Crippen molar-refractivity contribution >= 4 is 0 Å². The van der Waals surface area contributed by atoms with E-state index in [-0.39, 0.29) is 5.92 Å². The normalized spacial score (nSPS) is 24.4. The van der Waals surface area contributed by atoms with E-state index in [2.05, 4.69) is 29.3 Å². The van der Waals surface area contributed by atoms with Gasteiger partial charge in [0.05, 0.1) is 19.1 Å². The third kappa shape index (κ3) is 3.04. The summed E-state index contributed by atoms with van der Waals surface area (Å²) in [6.45, 7) is 6.59. The average molecular weight is 239 g/mol. The maximum Gasteiger partial charge on any atom is 0.233 e. The van der Waals surface area contributed by atoms with Crippen molar-refractivity contribution < 1.29 is 9.26 Å². The largest absolute Gasteiger partial charge is 0.379 e. The van der Waals surface area contributed by atoms with Gasteiger partial charge in [0.25, 0.3) is 0 Å². The van der Waals surface area contributed by atoms with E-state index in [9.17, 15) is 0 Å². The van der Waals surface area contributed by atoms with Crippen LogP contribution in [0, 0.1) is 0 Å². The number of aromatic nitrogens is 2. The Morgan fingerprint density at radius 2 is 2.24 bits per heavy atom. The van der Waals surface area contributed by atoms with Gasteiger partial charge in [-0.1, -0.05) is 25.4 Å². The highest BCUT2D eigenvalue weighted by Crippen LogP contribution is 2.24. The number of likely N-dealkylation sites (N-methyl/N-ethyl adjacent to an activating group) is 1. The van der Waals surface area contributed by atoms with Crippen molar-refractivity contribution in [1.29, 1.82) is 0 Å². The van der Waals surface area contributed by atoms with E-state index in [0.29, 0.717) is 12.6 Å². The Morgan fingerprint density at radius 3 is 3.00 bits per heavy atom. The van der Waals surface area contributed by atoms with Gasteiger partial charge in [-0.15, -0.1) is 0 Å². The molecule has 96 valence electrons. The number of nitrogens with one attached hydrogen (secondary N) is 1. The molecule has 2 heterocycles. The van der Waals surface area contributed by atoms with Crippen LogP contribution in [0.3, 0.4) is 0 Å². The minimum atomic E-state index is 0.206. The maximum absolute atomic E-state index is 5.48. The van der Waals surface area contributed by atoms with Gasteiger partial charge in [-0.05, 0) is 13.0 Å². The molecule has 0 aromatic carbocycles. The van der Waals surface area contributed by atoms with Crippen LogP contribution in [0.25, 0.3) is 0 Å². The Hall–Kier alpha value is -0.940. The molecule has 5 heteroatoms. The molecular formula is C12H21N3O2. The lowest BCUT2D eigenvalue weighted by Gasteiger charge is -2.13. The molecule has 1 saturated heterocycles. The van der Waals surface area contributed by atoms with E-state index in [0.717, 1.165) is 44.1 Å². The van der Waals surface area contributed by atoms with Gasteiger partial charge in [0.15, 0.2) is 5.82 Å². The zero-order chi connectivity index (χ0) is 12.1.